The number of nitrogens with zero attached hydrogens (tertiary/aromatic N) is 1. The molecule has 1 aromatic heterocycles. The predicted octanol–water partition coefficient (Wildman–Crippen LogP) is 3.05. The summed E-state index contributed by atoms with van der Waals surface area (Å²) in [7, 11) is 0. The van der Waals surface area contributed by atoms with Crippen LogP contribution < -0.4 is 0 Å². The Hall–Kier alpha value is -1.75. The Bertz CT molecular complexity index is 553. The largest absolute Gasteiger partial charge is 0.466 e. The monoisotopic (exact) mass is 265 g/mol. The molecule has 1 aromatic carbocycles. The number of thiazole rings is 1. The Labute approximate surface area is 108 Å². The van der Waals surface area contributed by atoms with Gasteiger partial charge in [0.2, 0.25) is 0 Å². The molecular formula is C13H12FNO2S. The van der Waals surface area contributed by atoms with Gasteiger partial charge in [-0.05, 0) is 19.1 Å². The Morgan fingerprint density at radius 1 is 1.44 bits per heavy atom. The maximum absolute atomic E-state index is 13.5. The van der Waals surface area contributed by atoms with Crippen molar-refractivity contribution >= 4 is 17.3 Å². The molecule has 0 atom stereocenters. The Morgan fingerprint density at radius 2 is 2.22 bits per heavy atom. The number of rotatable bonds is 4. The van der Waals surface area contributed by atoms with Gasteiger partial charge in [0.05, 0.1) is 18.7 Å². The molecule has 0 aliphatic heterocycles. The molecule has 0 radical (unpaired) electrons. The standard InChI is InChI=1S/C13H12FNO2S/c1-2-17-13(16)7-12-15-11(8-18-12)9-5-3-4-6-10(9)14/h3-6,8H,2,7H2,1H3. The highest BCUT2D eigenvalue weighted by atomic mass is 32.1. The molecule has 0 saturated carbocycles. The fourth-order valence-corrected chi connectivity index (χ4v) is 2.30. The Kier molecular flexibility index (Phi) is 4.04. The lowest BCUT2D eigenvalue weighted by Gasteiger charge is -1.99. The summed E-state index contributed by atoms with van der Waals surface area (Å²) in [6.45, 7) is 2.11. The Balaban J connectivity index is 2.16. The van der Waals surface area contributed by atoms with Crippen LogP contribution in [0.2, 0.25) is 0 Å². The van der Waals surface area contributed by atoms with Gasteiger partial charge < -0.3 is 4.74 Å². The third-order valence-corrected chi connectivity index (χ3v) is 3.15. The normalized spacial score (nSPS) is 10.3. The van der Waals surface area contributed by atoms with E-state index >= 15 is 0 Å². The summed E-state index contributed by atoms with van der Waals surface area (Å²) in [5.41, 5.74) is 1.00. The molecule has 0 N–H and O–H groups in total. The number of aromatic nitrogens is 1. The van der Waals surface area contributed by atoms with E-state index in [1.165, 1.54) is 17.4 Å². The molecule has 18 heavy (non-hydrogen) atoms. The average molecular weight is 265 g/mol. The van der Waals surface area contributed by atoms with Crippen molar-refractivity contribution in [3.63, 3.8) is 0 Å². The number of hydrogen-bond donors (Lipinski definition) is 0. The first-order valence-electron chi connectivity index (χ1n) is 5.55. The summed E-state index contributed by atoms with van der Waals surface area (Å²) >= 11 is 1.33. The minimum atomic E-state index is -0.314. The van der Waals surface area contributed by atoms with Gasteiger partial charge in [0, 0.05) is 10.9 Å². The summed E-state index contributed by atoms with van der Waals surface area (Å²) < 4.78 is 18.4. The highest BCUT2D eigenvalue weighted by Gasteiger charge is 2.11. The van der Waals surface area contributed by atoms with E-state index in [1.807, 2.05) is 0 Å². The lowest BCUT2D eigenvalue weighted by atomic mass is 10.1. The SMILES string of the molecule is CCOC(=O)Cc1nc(-c2ccccc2F)cs1. The van der Waals surface area contributed by atoms with Gasteiger partial charge in [-0.25, -0.2) is 9.37 Å². The molecule has 2 aromatic rings. The molecule has 0 saturated heterocycles. The number of benzene rings is 1. The van der Waals surface area contributed by atoms with E-state index in [9.17, 15) is 9.18 Å². The van der Waals surface area contributed by atoms with Crippen LogP contribution in [0.3, 0.4) is 0 Å². The molecule has 0 aliphatic rings. The van der Waals surface area contributed by atoms with Crippen molar-refractivity contribution in [3.05, 3.63) is 40.5 Å². The van der Waals surface area contributed by atoms with Crippen molar-refractivity contribution in [2.75, 3.05) is 6.61 Å². The zero-order valence-corrected chi connectivity index (χ0v) is 10.7. The minimum absolute atomic E-state index is 0.132. The third-order valence-electron chi connectivity index (χ3n) is 2.30. The molecule has 0 spiro atoms. The molecule has 0 amide bonds. The second kappa shape index (κ2) is 5.73. The summed E-state index contributed by atoms with van der Waals surface area (Å²) in [5.74, 6) is -0.627. The fourth-order valence-electron chi connectivity index (χ4n) is 1.52. The number of ether oxygens (including phenoxy) is 1. The van der Waals surface area contributed by atoms with E-state index < -0.39 is 0 Å². The van der Waals surface area contributed by atoms with Gasteiger partial charge in [0.25, 0.3) is 0 Å². The molecule has 1 heterocycles. The highest BCUT2D eigenvalue weighted by molar-refractivity contribution is 7.10. The zero-order valence-electron chi connectivity index (χ0n) is 9.85. The maximum Gasteiger partial charge on any atom is 0.312 e. The van der Waals surface area contributed by atoms with Crippen molar-refractivity contribution in [1.82, 2.24) is 4.98 Å². The fraction of sp³-hybridized carbons (Fsp3) is 0.231. The van der Waals surface area contributed by atoms with Gasteiger partial charge in [0.1, 0.15) is 10.8 Å². The zero-order chi connectivity index (χ0) is 13.0. The smallest absolute Gasteiger partial charge is 0.312 e. The topological polar surface area (TPSA) is 39.2 Å². The van der Waals surface area contributed by atoms with Gasteiger partial charge in [-0.2, -0.15) is 0 Å². The van der Waals surface area contributed by atoms with Crippen LogP contribution in [-0.4, -0.2) is 17.6 Å². The highest BCUT2D eigenvalue weighted by Crippen LogP contribution is 2.24. The van der Waals surface area contributed by atoms with E-state index in [2.05, 4.69) is 4.98 Å². The van der Waals surface area contributed by atoms with Gasteiger partial charge in [-0.1, -0.05) is 12.1 Å². The molecule has 2 rings (SSSR count). The molecular weight excluding hydrogens is 253 g/mol. The molecule has 94 valence electrons. The van der Waals surface area contributed by atoms with Crippen molar-refractivity contribution in [3.8, 4) is 11.3 Å². The van der Waals surface area contributed by atoms with E-state index in [4.69, 9.17) is 4.74 Å². The van der Waals surface area contributed by atoms with Gasteiger partial charge in [0.15, 0.2) is 0 Å². The number of carbonyl (C=O) groups excluding carboxylic acids is 1. The van der Waals surface area contributed by atoms with Crippen molar-refractivity contribution < 1.29 is 13.9 Å². The summed E-state index contributed by atoms with van der Waals surface area (Å²) in [6.07, 6.45) is 0.132. The molecule has 0 aliphatic carbocycles. The molecule has 0 fully saturated rings. The molecule has 3 nitrogen and oxygen atoms in total. The second-order valence-electron chi connectivity index (χ2n) is 3.59. The van der Waals surface area contributed by atoms with Gasteiger partial charge in [-0.15, -0.1) is 11.3 Å². The van der Waals surface area contributed by atoms with Crippen LogP contribution in [0, 0.1) is 5.82 Å². The molecule has 0 unspecified atom stereocenters. The van der Waals surface area contributed by atoms with Crippen LogP contribution in [0.4, 0.5) is 4.39 Å². The van der Waals surface area contributed by atoms with Crippen LogP contribution >= 0.6 is 11.3 Å². The van der Waals surface area contributed by atoms with Gasteiger partial charge in [-0.3, -0.25) is 4.79 Å². The first-order chi connectivity index (χ1) is 8.70. The minimum Gasteiger partial charge on any atom is -0.466 e. The van der Waals surface area contributed by atoms with Crippen molar-refractivity contribution in [2.24, 2.45) is 0 Å². The van der Waals surface area contributed by atoms with E-state index in [-0.39, 0.29) is 18.2 Å². The predicted molar refractivity (Wildman–Crippen MR) is 67.8 cm³/mol. The lowest BCUT2D eigenvalue weighted by Crippen LogP contribution is -2.07. The van der Waals surface area contributed by atoms with E-state index in [1.54, 1.807) is 30.5 Å². The van der Waals surface area contributed by atoms with Gasteiger partial charge >= 0.3 is 5.97 Å². The molecule has 5 heteroatoms. The number of esters is 1. The first kappa shape index (κ1) is 12.7. The quantitative estimate of drug-likeness (QED) is 0.798. The summed E-state index contributed by atoms with van der Waals surface area (Å²) in [4.78, 5) is 15.5. The van der Waals surface area contributed by atoms with E-state index in [0.717, 1.165) is 0 Å². The van der Waals surface area contributed by atoms with Crippen LogP contribution in [0.5, 0.6) is 0 Å². The van der Waals surface area contributed by atoms with Crippen LogP contribution in [-0.2, 0) is 16.0 Å². The lowest BCUT2D eigenvalue weighted by molar-refractivity contribution is -0.142. The second-order valence-corrected chi connectivity index (χ2v) is 4.53. The maximum atomic E-state index is 13.5. The van der Waals surface area contributed by atoms with E-state index in [0.29, 0.717) is 22.9 Å². The van der Waals surface area contributed by atoms with Crippen LogP contribution in [0.1, 0.15) is 11.9 Å². The Morgan fingerprint density at radius 3 is 2.94 bits per heavy atom. The van der Waals surface area contributed by atoms with Crippen molar-refractivity contribution in [2.45, 2.75) is 13.3 Å². The summed E-state index contributed by atoms with van der Waals surface area (Å²) in [5, 5.41) is 2.37. The van der Waals surface area contributed by atoms with Crippen molar-refractivity contribution in [1.29, 1.82) is 0 Å². The first-order valence-corrected chi connectivity index (χ1v) is 6.43. The number of hydrogen-bond acceptors (Lipinski definition) is 4. The summed E-state index contributed by atoms with van der Waals surface area (Å²) in [6, 6.07) is 6.44. The third kappa shape index (κ3) is 2.92. The molecule has 0 bridgehead atoms. The van der Waals surface area contributed by atoms with Crippen LogP contribution in [0.25, 0.3) is 11.3 Å². The van der Waals surface area contributed by atoms with Crippen LogP contribution in [0.15, 0.2) is 29.6 Å². The average Bonchev–Trinajstić information content (AvgIpc) is 2.78. The number of carbonyl (C=O) groups is 1. The number of halogens is 1.